The third kappa shape index (κ3) is 5.00. The van der Waals surface area contributed by atoms with Gasteiger partial charge in [-0.15, -0.1) is 0 Å². The zero-order valence-corrected chi connectivity index (χ0v) is 22.3. The van der Waals surface area contributed by atoms with Crippen molar-refractivity contribution >= 4 is 29.1 Å². The molecule has 0 saturated carbocycles. The van der Waals surface area contributed by atoms with Crippen molar-refractivity contribution in [2.75, 3.05) is 20.8 Å². The molecule has 2 heterocycles. The average Bonchev–Trinajstić information content (AvgIpc) is 3.27. The van der Waals surface area contributed by atoms with Crippen LogP contribution in [0.3, 0.4) is 0 Å². The summed E-state index contributed by atoms with van der Waals surface area (Å²) in [7, 11) is 3.11. The molecule has 0 bridgehead atoms. The molecule has 7 nitrogen and oxygen atoms in total. The van der Waals surface area contributed by atoms with Crippen molar-refractivity contribution in [2.45, 2.75) is 13.0 Å². The summed E-state index contributed by atoms with van der Waals surface area (Å²) < 4.78 is 32.0. The molecular formula is C30H25FN2O5S. The highest BCUT2D eigenvalue weighted by molar-refractivity contribution is 7.07. The Morgan fingerprint density at radius 2 is 1.79 bits per heavy atom. The predicted octanol–water partition coefficient (Wildman–Crippen LogP) is 4.09. The summed E-state index contributed by atoms with van der Waals surface area (Å²) in [6, 6.07) is 19.4. The number of carbonyl (C=O) groups excluding carboxylic acids is 1. The third-order valence-corrected chi connectivity index (χ3v) is 7.27. The number of halogens is 1. The lowest BCUT2D eigenvalue weighted by Crippen LogP contribution is -2.40. The molecule has 0 aliphatic carbocycles. The minimum absolute atomic E-state index is 0.139. The van der Waals surface area contributed by atoms with Gasteiger partial charge in [0.1, 0.15) is 17.3 Å². The number of methoxy groups -OCH3 is 2. The molecule has 1 atom stereocenters. The van der Waals surface area contributed by atoms with E-state index in [1.807, 2.05) is 30.3 Å². The number of aromatic nitrogens is 1. The molecule has 0 saturated heterocycles. The van der Waals surface area contributed by atoms with Gasteiger partial charge in [0.2, 0.25) is 0 Å². The van der Waals surface area contributed by atoms with E-state index in [-0.39, 0.29) is 17.7 Å². The molecule has 0 amide bonds. The predicted molar refractivity (Wildman–Crippen MR) is 147 cm³/mol. The summed E-state index contributed by atoms with van der Waals surface area (Å²) in [6.07, 6.45) is 1.71. The Morgan fingerprint density at radius 3 is 2.46 bits per heavy atom. The second-order valence-electron chi connectivity index (χ2n) is 8.59. The maximum Gasteiger partial charge on any atom is 0.338 e. The molecule has 0 fully saturated rings. The normalized spacial score (nSPS) is 15.0. The Labute approximate surface area is 227 Å². The Bertz CT molecular complexity index is 1740. The lowest BCUT2D eigenvalue weighted by atomic mass is 9.93. The fraction of sp³-hybridized carbons (Fsp3) is 0.167. The Morgan fingerprint density at radius 1 is 1.05 bits per heavy atom. The fourth-order valence-corrected chi connectivity index (χ4v) is 5.49. The summed E-state index contributed by atoms with van der Waals surface area (Å²) in [6.45, 7) is 1.85. The highest BCUT2D eigenvalue weighted by Crippen LogP contribution is 2.35. The van der Waals surface area contributed by atoms with Gasteiger partial charge in [0.25, 0.3) is 5.56 Å². The van der Waals surface area contributed by atoms with Crippen molar-refractivity contribution in [1.82, 2.24) is 4.57 Å². The van der Waals surface area contributed by atoms with Crippen molar-refractivity contribution in [2.24, 2.45) is 4.99 Å². The standard InChI is InChI=1S/C30H25FN2O5S/c1-4-38-29(35)25-26(18-8-6-5-7-9-18)32-30-33(27(25)19-10-12-21(31)13-11-19)28(34)24(39-30)17-20-16-22(36-2)14-15-23(20)37-3/h5-17,27H,4H2,1-3H3/b24-17-. The summed E-state index contributed by atoms with van der Waals surface area (Å²) in [5.74, 6) is 0.142. The number of ether oxygens (including phenoxy) is 3. The molecule has 0 radical (unpaired) electrons. The van der Waals surface area contributed by atoms with Gasteiger partial charge in [-0.25, -0.2) is 14.2 Å². The number of hydrogen-bond acceptors (Lipinski definition) is 7. The SMILES string of the molecule is CCOC(=O)C1=C(c2ccccc2)N=c2s/c(=C\c3cc(OC)ccc3OC)c(=O)n2C1c1ccc(F)cc1. The monoisotopic (exact) mass is 544 g/mol. The molecule has 1 unspecified atom stereocenters. The number of nitrogens with zero attached hydrogens (tertiary/aromatic N) is 2. The molecule has 9 heteroatoms. The lowest BCUT2D eigenvalue weighted by molar-refractivity contribution is -0.138. The molecule has 39 heavy (non-hydrogen) atoms. The smallest absolute Gasteiger partial charge is 0.338 e. The molecule has 0 N–H and O–H groups in total. The topological polar surface area (TPSA) is 79.1 Å². The van der Waals surface area contributed by atoms with Gasteiger partial charge in [-0.2, -0.15) is 0 Å². The van der Waals surface area contributed by atoms with Crippen LogP contribution in [0.1, 0.15) is 29.7 Å². The van der Waals surface area contributed by atoms with Gasteiger partial charge in [0.05, 0.1) is 42.7 Å². The lowest BCUT2D eigenvalue weighted by Gasteiger charge is -2.25. The number of hydrogen-bond donors (Lipinski definition) is 0. The zero-order chi connectivity index (χ0) is 27.5. The number of thiazole rings is 1. The average molecular weight is 545 g/mol. The Kier molecular flexibility index (Phi) is 7.42. The van der Waals surface area contributed by atoms with E-state index in [1.165, 1.54) is 28.0 Å². The molecule has 0 spiro atoms. The highest BCUT2D eigenvalue weighted by Gasteiger charge is 2.35. The van der Waals surface area contributed by atoms with Crippen molar-refractivity contribution in [1.29, 1.82) is 0 Å². The van der Waals surface area contributed by atoms with Gasteiger partial charge < -0.3 is 14.2 Å². The molecule has 4 aromatic rings. The summed E-state index contributed by atoms with van der Waals surface area (Å²) in [5.41, 5.74) is 2.14. The van der Waals surface area contributed by atoms with Gasteiger partial charge >= 0.3 is 5.97 Å². The largest absolute Gasteiger partial charge is 0.497 e. The van der Waals surface area contributed by atoms with Gasteiger partial charge in [0.15, 0.2) is 4.80 Å². The third-order valence-electron chi connectivity index (χ3n) is 6.28. The first-order valence-electron chi connectivity index (χ1n) is 12.2. The molecule has 1 aliphatic rings. The maximum absolute atomic E-state index is 14.0. The molecule has 198 valence electrons. The Balaban J connectivity index is 1.83. The first-order chi connectivity index (χ1) is 18.9. The zero-order valence-electron chi connectivity index (χ0n) is 21.5. The number of fused-ring (bicyclic) bond motifs is 1. The van der Waals surface area contributed by atoms with Crippen LogP contribution in [-0.2, 0) is 9.53 Å². The van der Waals surface area contributed by atoms with Crippen LogP contribution in [0, 0.1) is 5.82 Å². The second-order valence-corrected chi connectivity index (χ2v) is 9.60. The molecule has 1 aromatic heterocycles. The van der Waals surface area contributed by atoms with Crippen molar-refractivity contribution < 1.29 is 23.4 Å². The number of rotatable bonds is 7. The van der Waals surface area contributed by atoms with Crippen LogP contribution in [0.5, 0.6) is 11.5 Å². The highest BCUT2D eigenvalue weighted by atomic mass is 32.1. The van der Waals surface area contributed by atoms with Crippen molar-refractivity contribution in [3.8, 4) is 11.5 Å². The molecule has 1 aliphatic heterocycles. The van der Waals surface area contributed by atoms with Gasteiger partial charge in [-0.05, 0) is 48.9 Å². The fourth-order valence-electron chi connectivity index (χ4n) is 4.49. The van der Waals surface area contributed by atoms with Crippen molar-refractivity contribution in [3.63, 3.8) is 0 Å². The van der Waals surface area contributed by atoms with Gasteiger partial charge in [0, 0.05) is 11.1 Å². The van der Waals surface area contributed by atoms with Crippen LogP contribution in [0.25, 0.3) is 11.8 Å². The maximum atomic E-state index is 14.0. The van der Waals surface area contributed by atoms with E-state index in [2.05, 4.69) is 0 Å². The first-order valence-corrected chi connectivity index (χ1v) is 13.0. The van der Waals surface area contributed by atoms with Crippen LogP contribution in [-0.4, -0.2) is 31.4 Å². The van der Waals surface area contributed by atoms with E-state index < -0.39 is 17.8 Å². The van der Waals surface area contributed by atoms with E-state index in [4.69, 9.17) is 19.2 Å². The Hall–Kier alpha value is -4.50. The number of benzene rings is 3. The van der Waals surface area contributed by atoms with E-state index >= 15 is 0 Å². The van der Waals surface area contributed by atoms with E-state index in [0.717, 1.165) is 0 Å². The van der Waals surface area contributed by atoms with Gasteiger partial charge in [-0.1, -0.05) is 53.8 Å². The molecule has 3 aromatic carbocycles. The summed E-state index contributed by atoms with van der Waals surface area (Å²) in [4.78, 5) is 32.6. The van der Waals surface area contributed by atoms with Crippen LogP contribution in [0.2, 0.25) is 0 Å². The van der Waals surface area contributed by atoms with Crippen LogP contribution in [0.4, 0.5) is 4.39 Å². The second kappa shape index (κ2) is 11.1. The van der Waals surface area contributed by atoms with Crippen LogP contribution >= 0.6 is 11.3 Å². The van der Waals surface area contributed by atoms with Crippen LogP contribution in [0.15, 0.2) is 88.2 Å². The first kappa shape index (κ1) is 26.1. The molecule has 5 rings (SSSR count). The van der Waals surface area contributed by atoms with E-state index in [9.17, 15) is 14.0 Å². The molecular weight excluding hydrogens is 519 g/mol. The summed E-state index contributed by atoms with van der Waals surface area (Å²) in [5, 5.41) is 0. The quantitative estimate of drug-likeness (QED) is 0.328. The summed E-state index contributed by atoms with van der Waals surface area (Å²) >= 11 is 1.19. The number of esters is 1. The van der Waals surface area contributed by atoms with Crippen LogP contribution < -0.4 is 24.4 Å². The van der Waals surface area contributed by atoms with Gasteiger partial charge in [-0.3, -0.25) is 9.36 Å². The van der Waals surface area contributed by atoms with Crippen molar-refractivity contribution in [3.05, 3.63) is 121 Å². The van der Waals surface area contributed by atoms with E-state index in [1.54, 1.807) is 57.6 Å². The minimum Gasteiger partial charge on any atom is -0.497 e. The minimum atomic E-state index is -0.884. The number of carbonyl (C=O) groups is 1. The van der Waals surface area contributed by atoms with E-state index in [0.29, 0.717) is 43.2 Å².